The van der Waals surface area contributed by atoms with E-state index in [1.165, 1.54) is 12.1 Å². The van der Waals surface area contributed by atoms with Crippen molar-refractivity contribution in [2.45, 2.75) is 6.61 Å². The lowest BCUT2D eigenvalue weighted by atomic mass is 10.0. The first kappa shape index (κ1) is 16.0. The van der Waals surface area contributed by atoms with E-state index < -0.39 is 5.82 Å². The molecule has 3 aromatic rings. The highest BCUT2D eigenvalue weighted by Gasteiger charge is 2.20. The molecule has 0 saturated carbocycles. The van der Waals surface area contributed by atoms with Crippen molar-refractivity contribution in [3.63, 3.8) is 0 Å². The number of hydrogen-bond acceptors (Lipinski definition) is 5. The van der Waals surface area contributed by atoms with Crippen molar-refractivity contribution in [2.24, 2.45) is 0 Å². The molecule has 2 aromatic carbocycles. The summed E-state index contributed by atoms with van der Waals surface area (Å²) >= 11 is 0. The van der Waals surface area contributed by atoms with Gasteiger partial charge >= 0.3 is 0 Å². The first-order valence-corrected chi connectivity index (χ1v) is 7.25. The summed E-state index contributed by atoms with van der Waals surface area (Å²) in [5.74, 6) is 1.11. The molecule has 1 heterocycles. The van der Waals surface area contributed by atoms with Crippen LogP contribution in [0.4, 0.5) is 4.39 Å². The number of hydrogen-bond donors (Lipinski definition) is 1. The molecule has 24 heavy (non-hydrogen) atoms. The topological polar surface area (TPSA) is 64.7 Å². The van der Waals surface area contributed by atoms with E-state index in [0.717, 1.165) is 0 Å². The minimum absolute atomic E-state index is 0.301. The number of aliphatic hydroxyl groups is 1. The van der Waals surface area contributed by atoms with Gasteiger partial charge in [-0.2, -0.15) is 0 Å². The fraction of sp³-hybridized carbons (Fsp3) is 0.167. The Kier molecular flexibility index (Phi) is 4.48. The predicted octanol–water partition coefficient (Wildman–Crippen LogP) is 3.66. The highest BCUT2D eigenvalue weighted by Crippen LogP contribution is 2.35. The molecule has 0 radical (unpaired) electrons. The molecule has 3 rings (SSSR count). The molecule has 0 unspecified atom stereocenters. The van der Waals surface area contributed by atoms with Crippen LogP contribution in [-0.4, -0.2) is 24.5 Å². The summed E-state index contributed by atoms with van der Waals surface area (Å²) in [7, 11) is 3.10. The van der Waals surface area contributed by atoms with Gasteiger partial charge in [-0.05, 0) is 24.3 Å². The summed E-state index contributed by atoms with van der Waals surface area (Å²) in [4.78, 5) is 0. The SMILES string of the molecule is COc1cc(OC)cc(-c2noc(-c3cccc(F)c3)c2CO)c1. The minimum Gasteiger partial charge on any atom is -0.497 e. The normalized spacial score (nSPS) is 10.7. The van der Waals surface area contributed by atoms with Crippen LogP contribution >= 0.6 is 0 Å². The second-order valence-electron chi connectivity index (χ2n) is 5.11. The van der Waals surface area contributed by atoms with Crippen LogP contribution in [0.15, 0.2) is 47.0 Å². The summed E-state index contributed by atoms with van der Waals surface area (Å²) in [5.41, 5.74) is 2.10. The molecule has 0 aliphatic heterocycles. The third-order valence-electron chi connectivity index (χ3n) is 3.66. The maximum Gasteiger partial charge on any atom is 0.173 e. The Morgan fingerprint density at radius 1 is 1.04 bits per heavy atom. The molecule has 124 valence electrons. The van der Waals surface area contributed by atoms with Crippen molar-refractivity contribution in [2.75, 3.05) is 14.2 Å². The van der Waals surface area contributed by atoms with Crippen LogP contribution in [-0.2, 0) is 6.61 Å². The van der Waals surface area contributed by atoms with Gasteiger partial charge in [0.1, 0.15) is 23.0 Å². The van der Waals surface area contributed by atoms with E-state index in [2.05, 4.69) is 5.16 Å². The summed E-state index contributed by atoms with van der Waals surface area (Å²) in [6.07, 6.45) is 0. The van der Waals surface area contributed by atoms with Gasteiger partial charge in [0.25, 0.3) is 0 Å². The Balaban J connectivity index is 2.13. The molecule has 0 spiro atoms. The average molecular weight is 329 g/mol. The monoisotopic (exact) mass is 329 g/mol. The molecular weight excluding hydrogens is 313 g/mol. The molecule has 0 saturated heterocycles. The second kappa shape index (κ2) is 6.72. The van der Waals surface area contributed by atoms with Gasteiger partial charge in [-0.25, -0.2) is 4.39 Å². The molecule has 0 amide bonds. The van der Waals surface area contributed by atoms with Crippen molar-refractivity contribution in [3.8, 4) is 34.1 Å². The molecular formula is C18H16FNO4. The van der Waals surface area contributed by atoms with Crippen LogP contribution in [0.2, 0.25) is 0 Å². The van der Waals surface area contributed by atoms with Crippen LogP contribution in [0.1, 0.15) is 5.56 Å². The molecule has 6 heteroatoms. The lowest BCUT2D eigenvalue weighted by Crippen LogP contribution is -1.92. The lowest BCUT2D eigenvalue weighted by Gasteiger charge is -2.07. The summed E-state index contributed by atoms with van der Waals surface area (Å²) in [6, 6.07) is 11.2. The van der Waals surface area contributed by atoms with E-state index in [-0.39, 0.29) is 6.61 Å². The Morgan fingerprint density at radius 3 is 2.33 bits per heavy atom. The van der Waals surface area contributed by atoms with Crippen LogP contribution in [0.25, 0.3) is 22.6 Å². The number of rotatable bonds is 5. The van der Waals surface area contributed by atoms with Gasteiger partial charge in [-0.1, -0.05) is 17.3 Å². The Bertz CT molecular complexity index is 838. The van der Waals surface area contributed by atoms with Gasteiger partial charge in [-0.15, -0.1) is 0 Å². The fourth-order valence-corrected chi connectivity index (χ4v) is 2.48. The highest BCUT2D eigenvalue weighted by molar-refractivity contribution is 5.74. The van der Waals surface area contributed by atoms with Crippen LogP contribution in [0.5, 0.6) is 11.5 Å². The van der Waals surface area contributed by atoms with Crippen molar-refractivity contribution in [1.82, 2.24) is 5.16 Å². The quantitative estimate of drug-likeness (QED) is 0.774. The van der Waals surface area contributed by atoms with Crippen LogP contribution in [0, 0.1) is 5.82 Å². The number of benzene rings is 2. The maximum atomic E-state index is 13.5. The standard InChI is InChI=1S/C18H16FNO4/c1-22-14-7-12(8-15(9-14)23-2)17-16(10-21)18(24-20-17)11-4-3-5-13(19)6-11/h3-9,21H,10H2,1-2H3. The van der Waals surface area contributed by atoms with Gasteiger partial charge in [0.15, 0.2) is 5.76 Å². The molecule has 1 aromatic heterocycles. The third kappa shape index (κ3) is 2.96. The number of ether oxygens (including phenoxy) is 2. The second-order valence-corrected chi connectivity index (χ2v) is 5.11. The first-order valence-electron chi connectivity index (χ1n) is 7.25. The summed E-state index contributed by atoms with van der Waals surface area (Å²) in [5, 5.41) is 13.8. The minimum atomic E-state index is -0.391. The van der Waals surface area contributed by atoms with Crippen molar-refractivity contribution in [3.05, 3.63) is 53.8 Å². The smallest absolute Gasteiger partial charge is 0.173 e. The van der Waals surface area contributed by atoms with E-state index in [0.29, 0.717) is 39.6 Å². The van der Waals surface area contributed by atoms with Crippen LogP contribution in [0.3, 0.4) is 0 Å². The van der Waals surface area contributed by atoms with Crippen molar-refractivity contribution < 1.29 is 23.5 Å². The zero-order valence-corrected chi connectivity index (χ0v) is 13.2. The third-order valence-corrected chi connectivity index (χ3v) is 3.66. The Labute approximate surface area is 138 Å². The summed E-state index contributed by atoms with van der Waals surface area (Å²) < 4.78 is 29.3. The molecule has 1 N–H and O–H groups in total. The molecule has 0 aliphatic carbocycles. The maximum absolute atomic E-state index is 13.5. The number of nitrogens with zero attached hydrogens (tertiary/aromatic N) is 1. The zero-order valence-electron chi connectivity index (χ0n) is 13.2. The highest BCUT2D eigenvalue weighted by atomic mass is 19.1. The molecule has 0 atom stereocenters. The van der Waals surface area contributed by atoms with Gasteiger partial charge in [0.2, 0.25) is 0 Å². The fourth-order valence-electron chi connectivity index (χ4n) is 2.48. The lowest BCUT2D eigenvalue weighted by molar-refractivity contribution is 0.281. The van der Waals surface area contributed by atoms with E-state index in [1.54, 1.807) is 44.6 Å². The van der Waals surface area contributed by atoms with Crippen molar-refractivity contribution >= 4 is 0 Å². The Morgan fingerprint density at radius 2 is 1.75 bits per heavy atom. The first-order chi connectivity index (χ1) is 11.7. The number of methoxy groups -OCH3 is 2. The van der Waals surface area contributed by atoms with Crippen LogP contribution < -0.4 is 9.47 Å². The number of aromatic nitrogens is 1. The van der Waals surface area contributed by atoms with E-state index >= 15 is 0 Å². The van der Waals surface area contributed by atoms with Gasteiger partial charge < -0.3 is 19.1 Å². The van der Waals surface area contributed by atoms with Gasteiger partial charge in [0.05, 0.1) is 26.4 Å². The molecule has 0 fully saturated rings. The zero-order chi connectivity index (χ0) is 17.1. The van der Waals surface area contributed by atoms with Crippen molar-refractivity contribution in [1.29, 1.82) is 0 Å². The van der Waals surface area contributed by atoms with E-state index in [1.807, 2.05) is 0 Å². The predicted molar refractivity (Wildman–Crippen MR) is 86.4 cm³/mol. The van der Waals surface area contributed by atoms with Gasteiger partial charge in [-0.3, -0.25) is 0 Å². The Hall–Kier alpha value is -2.86. The molecule has 0 aliphatic rings. The van der Waals surface area contributed by atoms with Gasteiger partial charge in [0, 0.05) is 17.2 Å². The largest absolute Gasteiger partial charge is 0.497 e. The van der Waals surface area contributed by atoms with E-state index in [9.17, 15) is 9.50 Å². The molecule has 5 nitrogen and oxygen atoms in total. The number of aliphatic hydroxyl groups excluding tert-OH is 1. The number of halogens is 1. The average Bonchev–Trinajstić information content (AvgIpc) is 3.05. The molecule has 0 bridgehead atoms. The summed E-state index contributed by atoms with van der Waals surface area (Å²) in [6.45, 7) is -0.301. The van der Waals surface area contributed by atoms with E-state index in [4.69, 9.17) is 14.0 Å².